The van der Waals surface area contributed by atoms with Gasteiger partial charge in [0.1, 0.15) is 0 Å². The molecule has 2 nitrogen and oxygen atoms in total. The van der Waals surface area contributed by atoms with E-state index in [-0.39, 0.29) is 0 Å². The average Bonchev–Trinajstić information content (AvgIpc) is 2.34. The van der Waals surface area contributed by atoms with Crippen molar-refractivity contribution in [3.05, 3.63) is 0 Å². The highest BCUT2D eigenvalue weighted by molar-refractivity contribution is 4.73. The smallest absolute Gasteiger partial charge is 0.000956 e. The number of nitrogens with zero attached hydrogens (tertiary/aromatic N) is 1. The second-order valence-corrected chi connectivity index (χ2v) is 6.24. The minimum absolute atomic E-state index is 0.733. The molecule has 2 heteroatoms. The number of likely N-dealkylation sites (tertiary alicyclic amines) is 1. The Bertz CT molecular complexity index is 191. The van der Waals surface area contributed by atoms with Crippen LogP contribution >= 0.6 is 0 Å². The maximum atomic E-state index is 5.87. The highest BCUT2D eigenvalue weighted by atomic mass is 15.1. The van der Waals surface area contributed by atoms with Gasteiger partial charge in [-0.05, 0) is 63.1 Å². The SMILES string of the molecule is CCC1CCCN(CCC(CN)CC(C)C)C1. The molecule has 102 valence electrons. The second kappa shape index (κ2) is 8.10. The normalized spacial score (nSPS) is 24.2. The molecule has 1 heterocycles. The van der Waals surface area contributed by atoms with Crippen LogP contribution in [0.4, 0.5) is 0 Å². The third kappa shape index (κ3) is 5.87. The van der Waals surface area contributed by atoms with Crippen LogP contribution in [-0.2, 0) is 0 Å². The Hall–Kier alpha value is -0.0800. The molecule has 1 fully saturated rings. The molecule has 0 bridgehead atoms. The lowest BCUT2D eigenvalue weighted by molar-refractivity contribution is 0.160. The molecule has 0 radical (unpaired) electrons. The Labute approximate surface area is 108 Å². The zero-order valence-corrected chi connectivity index (χ0v) is 12.1. The van der Waals surface area contributed by atoms with Crippen molar-refractivity contribution in [1.82, 2.24) is 4.90 Å². The van der Waals surface area contributed by atoms with Gasteiger partial charge in [0, 0.05) is 6.54 Å². The van der Waals surface area contributed by atoms with Gasteiger partial charge in [-0.15, -0.1) is 0 Å². The van der Waals surface area contributed by atoms with Gasteiger partial charge in [-0.1, -0.05) is 27.2 Å². The molecular formula is C15H32N2. The average molecular weight is 240 g/mol. The predicted octanol–water partition coefficient (Wildman–Crippen LogP) is 3.12. The fourth-order valence-corrected chi connectivity index (χ4v) is 3.05. The van der Waals surface area contributed by atoms with Gasteiger partial charge in [0.2, 0.25) is 0 Å². The van der Waals surface area contributed by atoms with Crippen molar-refractivity contribution in [2.75, 3.05) is 26.2 Å². The number of rotatable bonds is 7. The molecule has 0 spiro atoms. The molecule has 17 heavy (non-hydrogen) atoms. The van der Waals surface area contributed by atoms with Gasteiger partial charge in [-0.2, -0.15) is 0 Å². The Morgan fingerprint density at radius 3 is 2.71 bits per heavy atom. The molecule has 2 N–H and O–H groups in total. The topological polar surface area (TPSA) is 29.3 Å². The largest absolute Gasteiger partial charge is 0.330 e. The molecule has 1 aliphatic rings. The van der Waals surface area contributed by atoms with Crippen LogP contribution < -0.4 is 5.73 Å². The molecule has 0 saturated carbocycles. The highest BCUT2D eigenvalue weighted by Crippen LogP contribution is 2.21. The summed E-state index contributed by atoms with van der Waals surface area (Å²) in [5.41, 5.74) is 5.87. The van der Waals surface area contributed by atoms with E-state index in [0.717, 1.165) is 24.3 Å². The summed E-state index contributed by atoms with van der Waals surface area (Å²) in [5, 5.41) is 0. The van der Waals surface area contributed by atoms with Crippen LogP contribution in [0, 0.1) is 17.8 Å². The van der Waals surface area contributed by atoms with Crippen molar-refractivity contribution in [3.8, 4) is 0 Å². The van der Waals surface area contributed by atoms with Gasteiger partial charge in [-0.3, -0.25) is 0 Å². The number of nitrogens with two attached hydrogens (primary N) is 1. The monoisotopic (exact) mass is 240 g/mol. The molecule has 0 amide bonds. The molecule has 1 saturated heterocycles. The van der Waals surface area contributed by atoms with E-state index in [0.29, 0.717) is 0 Å². The molecule has 2 atom stereocenters. The van der Waals surface area contributed by atoms with Gasteiger partial charge in [0.25, 0.3) is 0 Å². The lowest BCUT2D eigenvalue weighted by Crippen LogP contribution is -2.37. The van der Waals surface area contributed by atoms with Crippen LogP contribution in [-0.4, -0.2) is 31.1 Å². The Kier molecular flexibility index (Phi) is 7.14. The maximum Gasteiger partial charge on any atom is 0.000956 e. The summed E-state index contributed by atoms with van der Waals surface area (Å²) in [5.74, 6) is 2.47. The Morgan fingerprint density at radius 2 is 2.12 bits per heavy atom. The summed E-state index contributed by atoms with van der Waals surface area (Å²) in [6.07, 6.45) is 6.78. The first kappa shape index (κ1) is 15.0. The van der Waals surface area contributed by atoms with E-state index in [1.807, 2.05) is 0 Å². The van der Waals surface area contributed by atoms with Gasteiger partial charge >= 0.3 is 0 Å². The standard InChI is InChI=1S/C15H32N2/c1-4-14-6-5-8-17(12-14)9-7-15(11-16)10-13(2)3/h13-15H,4-12,16H2,1-3H3. The van der Waals surface area contributed by atoms with Gasteiger partial charge in [0.15, 0.2) is 0 Å². The third-order valence-corrected chi connectivity index (χ3v) is 4.17. The zero-order chi connectivity index (χ0) is 12.7. The fraction of sp³-hybridized carbons (Fsp3) is 1.00. The number of hydrogen-bond donors (Lipinski definition) is 1. The summed E-state index contributed by atoms with van der Waals surface area (Å²) >= 11 is 0. The fourth-order valence-electron chi connectivity index (χ4n) is 3.05. The molecule has 0 aromatic carbocycles. The van der Waals surface area contributed by atoms with Crippen LogP contribution in [0.2, 0.25) is 0 Å². The van der Waals surface area contributed by atoms with Crippen molar-refractivity contribution in [1.29, 1.82) is 0 Å². The lowest BCUT2D eigenvalue weighted by Gasteiger charge is -2.33. The van der Waals surface area contributed by atoms with Crippen molar-refractivity contribution < 1.29 is 0 Å². The van der Waals surface area contributed by atoms with Crippen molar-refractivity contribution in [2.45, 2.75) is 52.9 Å². The second-order valence-electron chi connectivity index (χ2n) is 6.24. The van der Waals surface area contributed by atoms with E-state index in [1.165, 1.54) is 51.7 Å². The Balaban J connectivity index is 2.23. The van der Waals surface area contributed by atoms with E-state index in [9.17, 15) is 0 Å². The summed E-state index contributed by atoms with van der Waals surface area (Å²) in [6, 6.07) is 0. The first-order chi connectivity index (χ1) is 8.15. The first-order valence-electron chi connectivity index (χ1n) is 7.58. The summed E-state index contributed by atoms with van der Waals surface area (Å²) in [6.45, 7) is 11.7. The van der Waals surface area contributed by atoms with Crippen molar-refractivity contribution in [3.63, 3.8) is 0 Å². The summed E-state index contributed by atoms with van der Waals surface area (Å²) in [4.78, 5) is 2.67. The van der Waals surface area contributed by atoms with Crippen molar-refractivity contribution >= 4 is 0 Å². The van der Waals surface area contributed by atoms with E-state index in [1.54, 1.807) is 0 Å². The highest BCUT2D eigenvalue weighted by Gasteiger charge is 2.19. The van der Waals surface area contributed by atoms with E-state index in [4.69, 9.17) is 5.73 Å². The minimum atomic E-state index is 0.733. The summed E-state index contributed by atoms with van der Waals surface area (Å²) in [7, 11) is 0. The van der Waals surface area contributed by atoms with E-state index < -0.39 is 0 Å². The van der Waals surface area contributed by atoms with Crippen LogP contribution in [0.5, 0.6) is 0 Å². The van der Waals surface area contributed by atoms with Crippen molar-refractivity contribution in [2.24, 2.45) is 23.5 Å². The number of hydrogen-bond acceptors (Lipinski definition) is 2. The molecule has 2 unspecified atom stereocenters. The zero-order valence-electron chi connectivity index (χ0n) is 12.1. The quantitative estimate of drug-likeness (QED) is 0.741. The molecule has 0 aromatic rings. The van der Waals surface area contributed by atoms with Crippen LogP contribution in [0.15, 0.2) is 0 Å². The molecule has 0 aromatic heterocycles. The van der Waals surface area contributed by atoms with Gasteiger partial charge in [0.05, 0.1) is 0 Å². The number of piperidine rings is 1. The molecular weight excluding hydrogens is 208 g/mol. The van der Waals surface area contributed by atoms with Crippen LogP contribution in [0.1, 0.15) is 52.9 Å². The Morgan fingerprint density at radius 1 is 1.35 bits per heavy atom. The predicted molar refractivity (Wildman–Crippen MR) is 76.1 cm³/mol. The maximum absolute atomic E-state index is 5.87. The lowest BCUT2D eigenvalue weighted by atomic mass is 9.92. The summed E-state index contributed by atoms with van der Waals surface area (Å²) < 4.78 is 0. The van der Waals surface area contributed by atoms with Crippen LogP contribution in [0.3, 0.4) is 0 Å². The van der Waals surface area contributed by atoms with Gasteiger partial charge in [-0.25, -0.2) is 0 Å². The van der Waals surface area contributed by atoms with Crippen LogP contribution in [0.25, 0.3) is 0 Å². The van der Waals surface area contributed by atoms with Gasteiger partial charge < -0.3 is 10.6 Å². The minimum Gasteiger partial charge on any atom is -0.330 e. The molecule has 1 aliphatic heterocycles. The molecule has 1 rings (SSSR count). The molecule has 0 aliphatic carbocycles. The third-order valence-electron chi connectivity index (χ3n) is 4.17. The van der Waals surface area contributed by atoms with E-state index in [2.05, 4.69) is 25.7 Å². The first-order valence-corrected chi connectivity index (χ1v) is 7.58. The van der Waals surface area contributed by atoms with E-state index >= 15 is 0 Å².